The van der Waals surface area contributed by atoms with Crippen LogP contribution in [0.5, 0.6) is 0 Å². The molecule has 0 spiro atoms. The van der Waals surface area contributed by atoms with Crippen LogP contribution in [0.2, 0.25) is 0 Å². The Bertz CT molecular complexity index is 1010. The van der Waals surface area contributed by atoms with E-state index in [9.17, 15) is 9.59 Å². The van der Waals surface area contributed by atoms with Gasteiger partial charge in [-0.25, -0.2) is 0 Å². The molecule has 2 atom stereocenters. The molecule has 0 radical (unpaired) electrons. The zero-order chi connectivity index (χ0) is 29.1. The first-order chi connectivity index (χ1) is 18.0. The Morgan fingerprint density at radius 3 is 2.45 bits per heavy atom. The van der Waals surface area contributed by atoms with E-state index in [0.717, 1.165) is 34.8 Å². The minimum absolute atomic E-state index is 0.00697. The van der Waals surface area contributed by atoms with Gasteiger partial charge in [-0.1, -0.05) is 63.8 Å². The first kappa shape index (κ1) is 34.9. The third kappa shape index (κ3) is 15.9. The van der Waals surface area contributed by atoms with E-state index in [0.29, 0.717) is 25.3 Å². The highest BCUT2D eigenvalue weighted by Crippen LogP contribution is 2.18. The fourth-order valence-electron chi connectivity index (χ4n) is 3.26. The number of anilines is 1. The van der Waals surface area contributed by atoms with E-state index >= 15 is 0 Å². The van der Waals surface area contributed by atoms with Crippen LogP contribution in [0.4, 0.5) is 5.69 Å². The molecule has 0 aliphatic rings. The lowest BCUT2D eigenvalue weighted by Gasteiger charge is -2.22. The fraction of sp³-hybridized carbons (Fsp3) is 0.419. The van der Waals surface area contributed by atoms with Crippen molar-refractivity contribution in [3.05, 3.63) is 89.1 Å². The van der Waals surface area contributed by atoms with Gasteiger partial charge in [-0.3, -0.25) is 9.59 Å². The lowest BCUT2D eigenvalue weighted by atomic mass is 10.1. The molecule has 1 aromatic rings. The van der Waals surface area contributed by atoms with Gasteiger partial charge >= 0.3 is 0 Å². The monoisotopic (exact) mass is 540 g/mol. The normalized spacial score (nSPS) is 12.9. The molecule has 1 rings (SSSR count). The minimum Gasteiger partial charge on any atom is -0.388 e. The molecule has 6 nitrogen and oxygen atoms in total. The summed E-state index contributed by atoms with van der Waals surface area (Å²) in [4.78, 5) is 24.5. The Balaban J connectivity index is 0.00000113. The number of aryl methyl sites for hydroxylation is 1. The van der Waals surface area contributed by atoms with Crippen LogP contribution in [0.25, 0.3) is 0 Å². The number of carbonyl (C=O) groups excluding carboxylic acids is 2. The molecule has 0 aliphatic heterocycles. The molecule has 0 saturated carbocycles. The van der Waals surface area contributed by atoms with Crippen molar-refractivity contribution < 1.29 is 9.59 Å². The first-order valence-electron chi connectivity index (χ1n) is 13.1. The lowest BCUT2D eigenvalue weighted by molar-refractivity contribution is -0.120. The summed E-state index contributed by atoms with van der Waals surface area (Å²) in [6.07, 6.45) is 11.4. The summed E-state index contributed by atoms with van der Waals surface area (Å²) < 4.78 is 0. The Labute approximate surface area is 233 Å². The number of amides is 2. The van der Waals surface area contributed by atoms with Gasteiger partial charge in [0.2, 0.25) is 12.3 Å². The Kier molecular flexibility index (Phi) is 18.3. The van der Waals surface area contributed by atoms with Gasteiger partial charge in [0, 0.05) is 44.3 Å². The van der Waals surface area contributed by atoms with Gasteiger partial charge in [-0.05, 0) is 67.3 Å². The number of carbonyl (C=O) groups is 2. The number of hydrogen-bond acceptors (Lipinski definition) is 4. The second-order valence-electron chi connectivity index (χ2n) is 9.48. The second kappa shape index (κ2) is 19.9. The maximum atomic E-state index is 12.5. The molecule has 0 aromatic heterocycles. The van der Waals surface area contributed by atoms with Crippen LogP contribution in [0.1, 0.15) is 46.6 Å². The molecule has 2 amide bonds. The lowest BCUT2D eigenvalue weighted by Crippen LogP contribution is -2.29. The predicted octanol–water partition coefficient (Wildman–Crippen LogP) is 6.18. The summed E-state index contributed by atoms with van der Waals surface area (Å²) in [5.41, 5.74) is 4.74. The number of nitrogens with zero attached hydrogens (tertiary/aromatic N) is 1. The van der Waals surface area contributed by atoms with Gasteiger partial charge < -0.3 is 20.9 Å². The number of likely N-dealkylation sites (N-methyl/N-ethyl adjacent to an activating group) is 2. The van der Waals surface area contributed by atoms with Crippen molar-refractivity contribution in [3.63, 3.8) is 0 Å². The highest BCUT2D eigenvalue weighted by Gasteiger charge is 2.13. The standard InChI is InChI=1S/C23H40N3OP.C8H9NO/c1-9-21(24-7)14-20(19(6)26(8)10-2)15-23(27)25-16-18(5)11-12-22(28)13-17(3)4;1-7-3-2-4-8(5-7)9-6-10/h9,11-14,17-18,24H,6,10,15-16,28H2,1-5,7-8H3,(H,25,27);2-6H,1H3,(H,9,10)/b12-11-,20-14-,21-9+,22-13+;. The van der Waals surface area contributed by atoms with Crippen LogP contribution in [0.15, 0.2) is 83.5 Å². The zero-order valence-corrected chi connectivity index (χ0v) is 25.8. The molecule has 38 heavy (non-hydrogen) atoms. The van der Waals surface area contributed by atoms with Gasteiger partial charge in [-0.15, -0.1) is 9.24 Å². The molecular weight excluding hydrogens is 491 g/mol. The van der Waals surface area contributed by atoms with Gasteiger partial charge in [-0.2, -0.15) is 0 Å². The van der Waals surface area contributed by atoms with Crippen molar-refractivity contribution in [2.75, 3.05) is 32.5 Å². The van der Waals surface area contributed by atoms with E-state index < -0.39 is 0 Å². The summed E-state index contributed by atoms with van der Waals surface area (Å²) in [5, 5.41) is 9.91. The van der Waals surface area contributed by atoms with Crippen molar-refractivity contribution in [1.82, 2.24) is 15.5 Å². The molecule has 0 aliphatic carbocycles. The molecule has 0 bridgehead atoms. The van der Waals surface area contributed by atoms with E-state index in [1.807, 2.05) is 64.4 Å². The minimum atomic E-state index is 0.00697. The second-order valence-corrected chi connectivity index (χ2v) is 10.2. The van der Waals surface area contributed by atoms with Crippen molar-refractivity contribution in [1.29, 1.82) is 0 Å². The van der Waals surface area contributed by atoms with E-state index in [1.165, 1.54) is 5.31 Å². The average molecular weight is 541 g/mol. The Morgan fingerprint density at radius 2 is 1.92 bits per heavy atom. The van der Waals surface area contributed by atoms with E-state index in [-0.39, 0.29) is 11.8 Å². The molecule has 1 aromatic carbocycles. The van der Waals surface area contributed by atoms with Crippen molar-refractivity contribution >= 4 is 27.2 Å². The topological polar surface area (TPSA) is 73.5 Å². The number of nitrogens with one attached hydrogen (secondary N) is 3. The Hall–Kier alpha value is -3.11. The average Bonchev–Trinajstić information content (AvgIpc) is 2.88. The summed E-state index contributed by atoms with van der Waals surface area (Å²) in [6, 6.07) is 7.65. The van der Waals surface area contributed by atoms with Crippen LogP contribution in [0.3, 0.4) is 0 Å². The van der Waals surface area contributed by atoms with Crippen LogP contribution in [-0.4, -0.2) is 44.4 Å². The van der Waals surface area contributed by atoms with Crippen molar-refractivity contribution in [2.24, 2.45) is 11.8 Å². The van der Waals surface area contributed by atoms with Crippen LogP contribution in [-0.2, 0) is 9.59 Å². The predicted molar refractivity (Wildman–Crippen MR) is 168 cm³/mol. The highest BCUT2D eigenvalue weighted by molar-refractivity contribution is 7.22. The highest BCUT2D eigenvalue weighted by atomic mass is 31.0. The molecule has 2 unspecified atom stereocenters. The third-order valence-electron chi connectivity index (χ3n) is 5.59. The molecular formula is C31H49N4O2P. The molecule has 0 heterocycles. The van der Waals surface area contributed by atoms with Crippen molar-refractivity contribution in [2.45, 2.75) is 48.0 Å². The molecule has 0 saturated heterocycles. The quantitative estimate of drug-likeness (QED) is 0.150. The summed E-state index contributed by atoms with van der Waals surface area (Å²) in [6.45, 7) is 18.1. The van der Waals surface area contributed by atoms with Gasteiger partial charge in [0.1, 0.15) is 0 Å². The zero-order valence-electron chi connectivity index (χ0n) is 24.6. The molecule has 7 heteroatoms. The number of rotatable bonds is 14. The third-order valence-corrected chi connectivity index (χ3v) is 5.98. The number of benzene rings is 1. The van der Waals surface area contributed by atoms with E-state index in [2.05, 4.69) is 82.6 Å². The number of hydrogen-bond donors (Lipinski definition) is 3. The summed E-state index contributed by atoms with van der Waals surface area (Å²) in [7, 11) is 6.61. The fourth-order valence-corrected chi connectivity index (χ4v) is 3.75. The summed E-state index contributed by atoms with van der Waals surface area (Å²) >= 11 is 0. The molecule has 210 valence electrons. The van der Waals surface area contributed by atoms with Gasteiger partial charge in [0.05, 0.1) is 6.42 Å². The Morgan fingerprint density at radius 1 is 1.24 bits per heavy atom. The summed E-state index contributed by atoms with van der Waals surface area (Å²) in [5.74, 6) is 0.788. The van der Waals surface area contributed by atoms with E-state index in [4.69, 9.17) is 0 Å². The smallest absolute Gasteiger partial charge is 0.224 e. The molecule has 0 fully saturated rings. The SMILES string of the molecule is C=C(/C(=C\C(=C/C)NC)CC(=O)NCC(C)/C=C\C(P)=C/C(C)C)N(C)CC.Cc1cccc(NC=O)c1. The maximum Gasteiger partial charge on any atom is 0.224 e. The van der Waals surface area contributed by atoms with Crippen LogP contribution < -0.4 is 16.0 Å². The maximum absolute atomic E-state index is 12.5. The van der Waals surface area contributed by atoms with Gasteiger partial charge in [0.15, 0.2) is 0 Å². The van der Waals surface area contributed by atoms with Gasteiger partial charge in [0.25, 0.3) is 0 Å². The molecule has 3 N–H and O–H groups in total. The number of allylic oxidation sites excluding steroid dienone is 6. The first-order valence-corrected chi connectivity index (χ1v) is 13.7. The largest absolute Gasteiger partial charge is 0.388 e. The van der Waals surface area contributed by atoms with Crippen LogP contribution in [0, 0.1) is 18.8 Å². The van der Waals surface area contributed by atoms with Crippen LogP contribution >= 0.6 is 9.24 Å². The van der Waals surface area contributed by atoms with Crippen molar-refractivity contribution in [3.8, 4) is 0 Å². The van der Waals surface area contributed by atoms with E-state index in [1.54, 1.807) is 0 Å².